The van der Waals surface area contributed by atoms with Crippen molar-refractivity contribution in [1.82, 2.24) is 10.2 Å². The molecule has 2 heterocycles. The lowest BCUT2D eigenvalue weighted by Crippen LogP contribution is -2.43. The Balaban J connectivity index is 1.54. The second kappa shape index (κ2) is 9.32. The van der Waals surface area contributed by atoms with Gasteiger partial charge in [-0.15, -0.1) is 0 Å². The number of ether oxygens (including phenoxy) is 2. The van der Waals surface area contributed by atoms with Crippen LogP contribution < -0.4 is 15.5 Å². The number of aryl methyl sites for hydroxylation is 1. The zero-order valence-corrected chi connectivity index (χ0v) is 17.7. The summed E-state index contributed by atoms with van der Waals surface area (Å²) >= 11 is 0. The summed E-state index contributed by atoms with van der Waals surface area (Å²) in [5.41, 5.74) is 2.21. The molecule has 4 rings (SSSR count). The van der Waals surface area contributed by atoms with Crippen molar-refractivity contribution in [3.05, 3.63) is 75.6 Å². The van der Waals surface area contributed by atoms with E-state index in [1.807, 2.05) is 37.3 Å². The van der Waals surface area contributed by atoms with E-state index in [0.717, 1.165) is 30.0 Å². The largest absolute Gasteiger partial charge is 0.497 e. The topological polar surface area (TPSA) is 81.0 Å². The summed E-state index contributed by atoms with van der Waals surface area (Å²) in [5.74, 6) is 0.379. The van der Waals surface area contributed by atoms with Crippen molar-refractivity contribution in [3.8, 4) is 5.75 Å². The molecule has 1 amide bonds. The molecule has 0 saturated carbocycles. The zero-order valence-electron chi connectivity index (χ0n) is 17.7. The van der Waals surface area contributed by atoms with Crippen LogP contribution in [0.4, 0.5) is 0 Å². The van der Waals surface area contributed by atoms with E-state index in [9.17, 15) is 9.59 Å². The molecule has 0 bridgehead atoms. The van der Waals surface area contributed by atoms with Gasteiger partial charge in [-0.1, -0.05) is 23.8 Å². The van der Waals surface area contributed by atoms with Gasteiger partial charge in [0.1, 0.15) is 11.3 Å². The van der Waals surface area contributed by atoms with Gasteiger partial charge in [-0.05, 0) is 36.8 Å². The molecule has 1 atom stereocenters. The van der Waals surface area contributed by atoms with Crippen LogP contribution in [0.5, 0.6) is 5.75 Å². The minimum Gasteiger partial charge on any atom is -0.497 e. The minimum absolute atomic E-state index is 0.0109. The van der Waals surface area contributed by atoms with Gasteiger partial charge in [-0.25, -0.2) is 0 Å². The SMILES string of the molecule is COc1ccc([C@@H](CNC(=O)c2cc(=O)c3cc(C)ccc3o2)N2CCOCC2)cc1. The number of amides is 1. The number of methoxy groups -OCH3 is 1. The lowest BCUT2D eigenvalue weighted by atomic mass is 10.0. The van der Waals surface area contributed by atoms with E-state index in [2.05, 4.69) is 10.2 Å². The molecule has 1 aliphatic heterocycles. The first-order chi connectivity index (χ1) is 15.0. The molecule has 1 saturated heterocycles. The van der Waals surface area contributed by atoms with Crippen LogP contribution >= 0.6 is 0 Å². The van der Waals surface area contributed by atoms with E-state index in [1.165, 1.54) is 6.07 Å². The summed E-state index contributed by atoms with van der Waals surface area (Å²) in [6.07, 6.45) is 0. The summed E-state index contributed by atoms with van der Waals surface area (Å²) < 4.78 is 16.5. The van der Waals surface area contributed by atoms with Gasteiger partial charge in [0.25, 0.3) is 5.91 Å². The fourth-order valence-corrected chi connectivity index (χ4v) is 3.83. The Morgan fingerprint density at radius 1 is 1.13 bits per heavy atom. The summed E-state index contributed by atoms with van der Waals surface area (Å²) in [6, 6.07) is 14.4. The molecule has 0 radical (unpaired) electrons. The van der Waals surface area contributed by atoms with Crippen molar-refractivity contribution in [2.45, 2.75) is 13.0 Å². The van der Waals surface area contributed by atoms with Crippen molar-refractivity contribution in [2.75, 3.05) is 40.0 Å². The first-order valence-corrected chi connectivity index (χ1v) is 10.3. The number of nitrogens with zero attached hydrogens (tertiary/aromatic N) is 1. The Kier molecular flexibility index (Phi) is 6.34. The summed E-state index contributed by atoms with van der Waals surface area (Å²) in [4.78, 5) is 27.6. The summed E-state index contributed by atoms with van der Waals surface area (Å²) in [6.45, 7) is 5.14. The van der Waals surface area contributed by atoms with Gasteiger partial charge in [-0.2, -0.15) is 0 Å². The van der Waals surface area contributed by atoms with Crippen molar-refractivity contribution in [2.24, 2.45) is 0 Å². The maximum absolute atomic E-state index is 12.8. The number of nitrogens with one attached hydrogen (secondary N) is 1. The number of hydrogen-bond acceptors (Lipinski definition) is 6. The summed E-state index contributed by atoms with van der Waals surface area (Å²) in [5, 5.41) is 3.41. The van der Waals surface area contributed by atoms with E-state index >= 15 is 0 Å². The predicted molar refractivity (Wildman–Crippen MR) is 118 cm³/mol. The number of benzene rings is 2. The molecule has 3 aromatic rings. The number of hydrogen-bond donors (Lipinski definition) is 1. The van der Waals surface area contributed by atoms with Crippen LogP contribution in [0.15, 0.2) is 57.7 Å². The number of carbonyl (C=O) groups is 1. The predicted octanol–water partition coefficient (Wildman–Crippen LogP) is 2.91. The first kappa shape index (κ1) is 21.1. The van der Waals surface area contributed by atoms with Crippen LogP contribution in [0.2, 0.25) is 0 Å². The molecule has 1 aliphatic rings. The smallest absolute Gasteiger partial charge is 0.287 e. The Morgan fingerprint density at radius 2 is 1.87 bits per heavy atom. The molecule has 162 valence electrons. The minimum atomic E-state index is -0.411. The molecular weight excluding hydrogens is 396 g/mol. The van der Waals surface area contributed by atoms with E-state index in [4.69, 9.17) is 13.9 Å². The third kappa shape index (κ3) is 4.78. The van der Waals surface area contributed by atoms with Gasteiger partial charge in [0, 0.05) is 25.7 Å². The highest BCUT2D eigenvalue weighted by Crippen LogP contribution is 2.24. The lowest BCUT2D eigenvalue weighted by molar-refractivity contribution is 0.0161. The maximum Gasteiger partial charge on any atom is 0.287 e. The number of carbonyl (C=O) groups excluding carboxylic acids is 1. The standard InChI is InChI=1S/C24H26N2O5/c1-16-3-8-22-19(13-16)21(27)14-23(31-22)24(28)25-15-20(26-9-11-30-12-10-26)17-4-6-18(29-2)7-5-17/h3-8,13-14,20H,9-12,15H2,1-2H3,(H,25,28)/t20-/m1/s1. The zero-order chi connectivity index (χ0) is 21.8. The van der Waals surface area contributed by atoms with Crippen LogP contribution in [0.25, 0.3) is 11.0 Å². The average Bonchev–Trinajstić information content (AvgIpc) is 2.80. The van der Waals surface area contributed by atoms with Gasteiger partial charge in [0.05, 0.1) is 31.8 Å². The van der Waals surface area contributed by atoms with E-state index in [1.54, 1.807) is 19.2 Å². The van der Waals surface area contributed by atoms with Crippen molar-refractivity contribution >= 4 is 16.9 Å². The van der Waals surface area contributed by atoms with E-state index < -0.39 is 5.91 Å². The maximum atomic E-state index is 12.8. The van der Waals surface area contributed by atoms with Crippen molar-refractivity contribution < 1.29 is 18.7 Å². The van der Waals surface area contributed by atoms with Crippen LogP contribution in [0.1, 0.15) is 27.7 Å². The molecule has 31 heavy (non-hydrogen) atoms. The normalized spacial score (nSPS) is 15.5. The molecule has 1 fully saturated rings. The second-order valence-electron chi connectivity index (χ2n) is 7.62. The number of morpholine rings is 1. The number of fused-ring (bicyclic) bond motifs is 1. The monoisotopic (exact) mass is 422 g/mol. The molecule has 7 nitrogen and oxygen atoms in total. The highest BCUT2D eigenvalue weighted by Gasteiger charge is 2.24. The average molecular weight is 422 g/mol. The van der Waals surface area contributed by atoms with E-state index in [-0.39, 0.29) is 17.2 Å². The highest BCUT2D eigenvalue weighted by atomic mass is 16.5. The molecule has 0 unspecified atom stereocenters. The van der Waals surface area contributed by atoms with Crippen molar-refractivity contribution in [3.63, 3.8) is 0 Å². The van der Waals surface area contributed by atoms with Gasteiger partial charge >= 0.3 is 0 Å². The molecular formula is C24H26N2O5. The van der Waals surface area contributed by atoms with Gasteiger partial charge in [0.2, 0.25) is 0 Å². The summed E-state index contributed by atoms with van der Waals surface area (Å²) in [7, 11) is 1.63. The Morgan fingerprint density at radius 3 is 2.58 bits per heavy atom. The van der Waals surface area contributed by atoms with Crippen LogP contribution in [-0.4, -0.2) is 50.8 Å². The van der Waals surface area contributed by atoms with E-state index in [0.29, 0.717) is 30.7 Å². The highest BCUT2D eigenvalue weighted by molar-refractivity contribution is 5.93. The van der Waals surface area contributed by atoms with Gasteiger partial charge in [-0.3, -0.25) is 14.5 Å². The molecule has 0 spiro atoms. The second-order valence-corrected chi connectivity index (χ2v) is 7.62. The van der Waals surface area contributed by atoms with Gasteiger partial charge in [0.15, 0.2) is 11.2 Å². The first-order valence-electron chi connectivity index (χ1n) is 10.3. The Hall–Kier alpha value is -3.16. The lowest BCUT2D eigenvalue weighted by Gasteiger charge is -2.35. The van der Waals surface area contributed by atoms with Gasteiger partial charge < -0.3 is 19.2 Å². The quantitative estimate of drug-likeness (QED) is 0.658. The van der Waals surface area contributed by atoms with Crippen LogP contribution in [0, 0.1) is 6.92 Å². The molecule has 1 N–H and O–H groups in total. The third-order valence-electron chi connectivity index (χ3n) is 5.55. The van der Waals surface area contributed by atoms with Crippen molar-refractivity contribution in [1.29, 1.82) is 0 Å². The molecule has 1 aromatic heterocycles. The van der Waals surface area contributed by atoms with Crippen LogP contribution in [0.3, 0.4) is 0 Å². The molecule has 7 heteroatoms. The fraction of sp³-hybridized carbons (Fsp3) is 0.333. The van der Waals surface area contributed by atoms with Crippen LogP contribution in [-0.2, 0) is 4.74 Å². The third-order valence-corrected chi connectivity index (χ3v) is 5.55. The molecule has 0 aliphatic carbocycles. The Labute approximate surface area is 180 Å². The number of rotatable bonds is 6. The fourth-order valence-electron chi connectivity index (χ4n) is 3.83. The Bertz CT molecular complexity index is 1120. The molecule has 2 aromatic carbocycles.